The number of hydrogen-bond acceptors (Lipinski definition) is 5. The first kappa shape index (κ1) is 20.2. The average molecular weight is 322 g/mol. The molecule has 0 aliphatic carbocycles. The van der Waals surface area contributed by atoms with Crippen LogP contribution in [0.4, 0.5) is 0 Å². The number of nitrogens with one attached hydrogen (secondary N) is 1. The molecule has 0 aromatic rings. The van der Waals surface area contributed by atoms with Gasteiger partial charge in [-0.25, -0.2) is 0 Å². The maximum atomic E-state index is 12.5. The second-order valence-corrected chi connectivity index (χ2v) is 7.34. The van der Waals surface area contributed by atoms with E-state index in [1.807, 2.05) is 0 Å². The molecule has 1 rings (SSSR count). The molecule has 0 spiro atoms. The molecule has 0 saturated carbocycles. The Labute approximate surface area is 133 Å². The van der Waals surface area contributed by atoms with E-state index < -0.39 is 28.6 Å². The van der Waals surface area contributed by atoms with Crippen molar-refractivity contribution in [2.24, 2.45) is 5.41 Å². The first-order valence-corrected chi connectivity index (χ1v) is 7.14. The Morgan fingerprint density at radius 2 is 1.19 bits per heavy atom. The summed E-state index contributed by atoms with van der Waals surface area (Å²) >= 11 is 0. The molecule has 1 aliphatic rings. The molecule has 5 nitrogen and oxygen atoms in total. The van der Waals surface area contributed by atoms with Gasteiger partial charge in [-0.3, -0.25) is 9.59 Å². The number of ether oxygens (including phenoxy) is 2. The molecule has 0 aromatic heterocycles. The summed E-state index contributed by atoms with van der Waals surface area (Å²) in [5.41, 5.74) is -2.40. The van der Waals surface area contributed by atoms with E-state index in [4.69, 9.17) is 9.47 Å². The van der Waals surface area contributed by atoms with Gasteiger partial charge in [0.2, 0.25) is 0 Å². The maximum Gasteiger partial charge on any atom is 0.324 e. The summed E-state index contributed by atoms with van der Waals surface area (Å²) in [6.07, 6.45) is 0.827. The second kappa shape index (κ2) is 6.97. The lowest BCUT2D eigenvalue weighted by molar-refractivity contribution is -0.187. The van der Waals surface area contributed by atoms with Crippen molar-refractivity contribution >= 4 is 24.3 Å². The third-order valence-corrected chi connectivity index (χ3v) is 3.04. The Morgan fingerprint density at radius 1 is 0.857 bits per heavy atom. The highest BCUT2D eigenvalue weighted by atomic mass is 35.5. The van der Waals surface area contributed by atoms with Crippen LogP contribution in [0.15, 0.2) is 0 Å². The zero-order valence-electron chi connectivity index (χ0n) is 13.9. The van der Waals surface area contributed by atoms with Crippen molar-refractivity contribution in [3.8, 4) is 0 Å². The van der Waals surface area contributed by atoms with Gasteiger partial charge in [0, 0.05) is 0 Å². The predicted octanol–water partition coefficient (Wildman–Crippen LogP) is 2.46. The van der Waals surface area contributed by atoms with Crippen LogP contribution in [0.5, 0.6) is 0 Å². The number of esters is 2. The molecular weight excluding hydrogens is 294 g/mol. The van der Waals surface area contributed by atoms with Gasteiger partial charge in [-0.2, -0.15) is 0 Å². The van der Waals surface area contributed by atoms with Gasteiger partial charge in [0.1, 0.15) is 11.2 Å². The highest BCUT2D eigenvalue weighted by Gasteiger charge is 2.51. The summed E-state index contributed by atoms with van der Waals surface area (Å²) in [5.74, 6) is -0.943. The van der Waals surface area contributed by atoms with Gasteiger partial charge in [0.05, 0.1) is 0 Å². The molecule has 0 radical (unpaired) electrons. The quantitative estimate of drug-likeness (QED) is 0.625. The number of halogens is 1. The minimum atomic E-state index is -1.17. The molecule has 1 saturated heterocycles. The molecule has 0 amide bonds. The van der Waals surface area contributed by atoms with E-state index in [9.17, 15) is 9.59 Å². The van der Waals surface area contributed by atoms with Crippen LogP contribution in [0.25, 0.3) is 0 Å². The van der Waals surface area contributed by atoms with Crippen LogP contribution in [-0.4, -0.2) is 36.2 Å². The molecule has 6 heteroatoms. The van der Waals surface area contributed by atoms with Crippen molar-refractivity contribution in [1.29, 1.82) is 0 Å². The third kappa shape index (κ3) is 5.83. The molecule has 1 N–H and O–H groups in total. The number of hydrogen-bond donors (Lipinski definition) is 1. The van der Waals surface area contributed by atoms with E-state index in [0.717, 1.165) is 0 Å². The lowest BCUT2D eigenvalue weighted by Crippen LogP contribution is -2.52. The fourth-order valence-corrected chi connectivity index (χ4v) is 2.10. The summed E-state index contributed by atoms with van der Waals surface area (Å²) in [7, 11) is 0. The van der Waals surface area contributed by atoms with Gasteiger partial charge in [-0.15, -0.1) is 12.4 Å². The maximum absolute atomic E-state index is 12.5. The van der Waals surface area contributed by atoms with Gasteiger partial charge in [-0.1, -0.05) is 0 Å². The first-order valence-electron chi connectivity index (χ1n) is 7.14. The summed E-state index contributed by atoms with van der Waals surface area (Å²) < 4.78 is 10.9. The molecule has 1 aliphatic heterocycles. The monoisotopic (exact) mass is 321 g/mol. The minimum absolute atomic E-state index is 0. The zero-order valence-corrected chi connectivity index (χ0v) is 14.7. The van der Waals surface area contributed by atoms with E-state index in [0.29, 0.717) is 25.9 Å². The van der Waals surface area contributed by atoms with Gasteiger partial charge in [0.15, 0.2) is 5.41 Å². The molecule has 0 unspecified atom stereocenters. The molecule has 0 aromatic carbocycles. The van der Waals surface area contributed by atoms with E-state index >= 15 is 0 Å². The summed E-state index contributed by atoms with van der Waals surface area (Å²) in [5, 5.41) is 3.16. The summed E-state index contributed by atoms with van der Waals surface area (Å²) in [6, 6.07) is 0. The SMILES string of the molecule is CC(C)(C)OC(=O)C1(C(=O)OC(C)(C)C)CCNCC1.Cl. The second-order valence-electron chi connectivity index (χ2n) is 7.34. The molecule has 1 heterocycles. The Balaban J connectivity index is 0.00000400. The fraction of sp³-hybridized carbons (Fsp3) is 0.867. The normalized spacial score (nSPS) is 18.4. The van der Waals surface area contributed by atoms with Crippen molar-refractivity contribution in [3.63, 3.8) is 0 Å². The molecule has 21 heavy (non-hydrogen) atoms. The van der Waals surface area contributed by atoms with Crippen LogP contribution in [-0.2, 0) is 19.1 Å². The predicted molar refractivity (Wildman–Crippen MR) is 83.5 cm³/mol. The van der Waals surface area contributed by atoms with Crippen LogP contribution in [0.3, 0.4) is 0 Å². The smallest absolute Gasteiger partial charge is 0.324 e. The molecule has 1 fully saturated rings. The van der Waals surface area contributed by atoms with Gasteiger partial charge >= 0.3 is 11.9 Å². The molecule has 124 valence electrons. The van der Waals surface area contributed by atoms with Crippen LogP contribution in [0.1, 0.15) is 54.4 Å². The van der Waals surface area contributed by atoms with Crippen LogP contribution < -0.4 is 5.32 Å². The Kier molecular flexibility index (Phi) is 6.70. The van der Waals surface area contributed by atoms with Crippen LogP contribution in [0.2, 0.25) is 0 Å². The standard InChI is InChI=1S/C15H27NO4.ClH/c1-13(2,3)19-11(17)15(7-9-16-10-8-15)12(18)20-14(4,5)6;/h16H,7-10H2,1-6H3;1H. The van der Waals surface area contributed by atoms with E-state index in [1.165, 1.54) is 0 Å². The van der Waals surface area contributed by atoms with Crippen LogP contribution >= 0.6 is 12.4 Å². The fourth-order valence-electron chi connectivity index (χ4n) is 2.10. The summed E-state index contributed by atoms with van der Waals surface area (Å²) in [4.78, 5) is 25.0. The lowest BCUT2D eigenvalue weighted by Gasteiger charge is -2.37. The van der Waals surface area contributed by atoms with Gasteiger partial charge in [-0.05, 0) is 67.5 Å². The van der Waals surface area contributed by atoms with Crippen molar-refractivity contribution < 1.29 is 19.1 Å². The number of carbonyl (C=O) groups excluding carboxylic acids is 2. The van der Waals surface area contributed by atoms with Gasteiger partial charge < -0.3 is 14.8 Å². The number of rotatable bonds is 2. The van der Waals surface area contributed by atoms with Crippen molar-refractivity contribution in [2.45, 2.75) is 65.6 Å². The Bertz CT molecular complexity index is 346. The molecule has 0 bridgehead atoms. The van der Waals surface area contributed by atoms with Crippen molar-refractivity contribution in [2.75, 3.05) is 13.1 Å². The Hall–Kier alpha value is -0.810. The molecular formula is C15H28ClNO4. The third-order valence-electron chi connectivity index (χ3n) is 3.04. The van der Waals surface area contributed by atoms with E-state index in [1.54, 1.807) is 41.5 Å². The zero-order chi connectivity index (χ0) is 15.6. The first-order chi connectivity index (χ1) is 8.96. The highest BCUT2D eigenvalue weighted by Crippen LogP contribution is 2.35. The molecule has 0 atom stereocenters. The van der Waals surface area contributed by atoms with Gasteiger partial charge in [0.25, 0.3) is 0 Å². The lowest BCUT2D eigenvalue weighted by atomic mass is 9.78. The topological polar surface area (TPSA) is 64.6 Å². The summed E-state index contributed by atoms with van der Waals surface area (Å²) in [6.45, 7) is 12.0. The number of carbonyl (C=O) groups is 2. The van der Waals surface area contributed by atoms with Crippen LogP contribution in [0, 0.1) is 5.41 Å². The minimum Gasteiger partial charge on any atom is -0.459 e. The largest absolute Gasteiger partial charge is 0.459 e. The van der Waals surface area contributed by atoms with E-state index in [2.05, 4.69) is 5.32 Å². The average Bonchev–Trinajstić information content (AvgIpc) is 2.25. The number of piperidine rings is 1. The van der Waals surface area contributed by atoms with Crippen molar-refractivity contribution in [3.05, 3.63) is 0 Å². The highest BCUT2D eigenvalue weighted by molar-refractivity contribution is 6.00. The Morgan fingerprint density at radius 3 is 1.48 bits per heavy atom. The van der Waals surface area contributed by atoms with E-state index in [-0.39, 0.29) is 12.4 Å². The van der Waals surface area contributed by atoms with Crippen molar-refractivity contribution in [1.82, 2.24) is 5.32 Å².